The van der Waals surface area contributed by atoms with Crippen molar-refractivity contribution in [3.05, 3.63) is 0 Å². The van der Waals surface area contributed by atoms with Crippen LogP contribution >= 0.6 is 0 Å². The number of ether oxygens (including phenoxy) is 2. The fourth-order valence-electron chi connectivity index (χ4n) is 0.661. The van der Waals surface area contributed by atoms with Crippen LogP contribution in [-0.4, -0.2) is 37.5 Å². The van der Waals surface area contributed by atoms with Gasteiger partial charge < -0.3 is 14.6 Å². The third-order valence-corrected chi connectivity index (χ3v) is 1.25. The molecule has 0 amide bonds. The molecule has 0 unspecified atom stereocenters. The van der Waals surface area contributed by atoms with Crippen LogP contribution < -0.4 is 0 Å². The van der Waals surface area contributed by atoms with Crippen molar-refractivity contribution in [2.45, 2.75) is 33.6 Å². The lowest BCUT2D eigenvalue weighted by molar-refractivity contribution is -0.143. The zero-order valence-electron chi connectivity index (χ0n) is 9.41. The maximum Gasteiger partial charge on any atom is 0.305 e. The van der Waals surface area contributed by atoms with Gasteiger partial charge in [0.05, 0.1) is 6.61 Å². The predicted octanol–water partition coefficient (Wildman–Crippen LogP) is 1.36. The molecule has 4 heteroatoms. The van der Waals surface area contributed by atoms with Crippen LogP contribution in [0.3, 0.4) is 0 Å². The normalized spacial score (nSPS) is 8.86. The molecule has 0 radical (unpaired) electrons. The van der Waals surface area contributed by atoms with Gasteiger partial charge in [-0.25, -0.2) is 0 Å². The van der Waals surface area contributed by atoms with E-state index in [4.69, 9.17) is 9.84 Å². The van der Waals surface area contributed by atoms with Gasteiger partial charge in [-0.15, -0.1) is 0 Å². The number of carbonyl (C=O) groups excluding carboxylic acids is 1. The number of esters is 1. The molecular weight excluding hydrogens is 184 g/mol. The van der Waals surface area contributed by atoms with E-state index in [9.17, 15) is 4.79 Å². The topological polar surface area (TPSA) is 55.8 Å². The summed E-state index contributed by atoms with van der Waals surface area (Å²) in [5.74, 6) is -0.230. The first-order chi connectivity index (χ1) is 6.72. The Morgan fingerprint density at radius 2 is 1.71 bits per heavy atom. The molecule has 0 aromatic rings. The average molecular weight is 206 g/mol. The van der Waals surface area contributed by atoms with Crippen LogP contribution in [0.5, 0.6) is 0 Å². The van der Waals surface area contributed by atoms with E-state index in [1.165, 1.54) is 0 Å². The Morgan fingerprint density at radius 1 is 1.14 bits per heavy atom. The Morgan fingerprint density at radius 3 is 2.00 bits per heavy atom. The molecule has 0 fully saturated rings. The van der Waals surface area contributed by atoms with E-state index in [1.807, 2.05) is 13.8 Å². The molecule has 0 aromatic carbocycles. The van der Waals surface area contributed by atoms with Gasteiger partial charge in [-0.2, -0.15) is 0 Å². The van der Waals surface area contributed by atoms with Crippen molar-refractivity contribution in [2.24, 2.45) is 0 Å². The number of aliphatic hydroxyl groups is 1. The number of carbonyl (C=O) groups is 1. The number of hydrogen-bond acceptors (Lipinski definition) is 4. The lowest BCUT2D eigenvalue weighted by atomic mass is 10.3. The molecule has 0 rings (SSSR count). The van der Waals surface area contributed by atoms with E-state index in [1.54, 1.807) is 6.92 Å². The summed E-state index contributed by atoms with van der Waals surface area (Å²) >= 11 is 0. The average Bonchev–Trinajstić information content (AvgIpc) is 2.17. The zero-order chi connectivity index (χ0) is 11.2. The fourth-order valence-corrected chi connectivity index (χ4v) is 0.661. The summed E-state index contributed by atoms with van der Waals surface area (Å²) in [5, 5.41) is 8.28. The summed E-state index contributed by atoms with van der Waals surface area (Å²) in [7, 11) is 0. The molecule has 0 heterocycles. The molecular formula is C10H22O4. The highest BCUT2D eigenvalue weighted by Gasteiger charge is 1.97. The number of rotatable bonds is 6. The third-order valence-electron chi connectivity index (χ3n) is 1.25. The van der Waals surface area contributed by atoms with E-state index < -0.39 is 0 Å². The summed E-state index contributed by atoms with van der Waals surface area (Å²) in [5.41, 5.74) is 0. The summed E-state index contributed by atoms with van der Waals surface area (Å²) in [6, 6.07) is 0. The van der Waals surface area contributed by atoms with Gasteiger partial charge in [0.2, 0.25) is 0 Å². The molecule has 4 nitrogen and oxygen atoms in total. The zero-order valence-corrected chi connectivity index (χ0v) is 9.41. The third kappa shape index (κ3) is 17.5. The SMILES string of the molecule is CCOC(=O)CCCO.CCOCC. The molecule has 0 aliphatic carbocycles. The Balaban J connectivity index is 0. The minimum atomic E-state index is -0.230. The second kappa shape index (κ2) is 14.9. The molecule has 14 heavy (non-hydrogen) atoms. The molecule has 0 aliphatic rings. The van der Waals surface area contributed by atoms with Gasteiger partial charge in [-0.05, 0) is 27.2 Å². The van der Waals surface area contributed by atoms with Crippen LogP contribution in [0, 0.1) is 0 Å². The van der Waals surface area contributed by atoms with Gasteiger partial charge in [0.1, 0.15) is 0 Å². The highest BCUT2D eigenvalue weighted by Crippen LogP contribution is 1.90. The molecule has 1 N–H and O–H groups in total. The molecule has 86 valence electrons. The lowest BCUT2D eigenvalue weighted by Gasteiger charge is -1.97. The minimum Gasteiger partial charge on any atom is -0.466 e. The Kier molecular flexibility index (Phi) is 16.9. The van der Waals surface area contributed by atoms with Crippen LogP contribution in [0.25, 0.3) is 0 Å². The summed E-state index contributed by atoms with van der Waals surface area (Å²) in [4.78, 5) is 10.5. The van der Waals surface area contributed by atoms with Crippen molar-refractivity contribution >= 4 is 5.97 Å². The van der Waals surface area contributed by atoms with Crippen LogP contribution in [0.4, 0.5) is 0 Å². The largest absolute Gasteiger partial charge is 0.466 e. The quantitative estimate of drug-likeness (QED) is 0.667. The molecule has 0 atom stereocenters. The van der Waals surface area contributed by atoms with Crippen molar-refractivity contribution in [3.63, 3.8) is 0 Å². The van der Waals surface area contributed by atoms with Gasteiger partial charge in [-0.1, -0.05) is 0 Å². The Hall–Kier alpha value is -0.610. The van der Waals surface area contributed by atoms with E-state index in [2.05, 4.69) is 4.74 Å². The van der Waals surface area contributed by atoms with Crippen LogP contribution in [0.15, 0.2) is 0 Å². The first-order valence-electron chi connectivity index (χ1n) is 5.07. The van der Waals surface area contributed by atoms with Crippen LogP contribution in [0.2, 0.25) is 0 Å². The standard InChI is InChI=1S/C6H12O3.C4H10O/c1-2-9-6(8)4-3-5-7;1-3-5-4-2/h7H,2-5H2,1H3;3-4H2,1-2H3. The number of hydrogen-bond donors (Lipinski definition) is 1. The van der Waals surface area contributed by atoms with E-state index >= 15 is 0 Å². The summed E-state index contributed by atoms with van der Waals surface area (Å²) < 4.78 is 9.43. The molecule has 0 spiro atoms. The van der Waals surface area contributed by atoms with Crippen LogP contribution in [0.1, 0.15) is 33.6 Å². The van der Waals surface area contributed by atoms with Crippen molar-refractivity contribution in [1.82, 2.24) is 0 Å². The minimum absolute atomic E-state index is 0.0544. The van der Waals surface area contributed by atoms with Crippen LogP contribution in [-0.2, 0) is 14.3 Å². The van der Waals surface area contributed by atoms with E-state index in [0.717, 1.165) is 13.2 Å². The first-order valence-corrected chi connectivity index (χ1v) is 5.07. The van der Waals surface area contributed by atoms with E-state index in [-0.39, 0.29) is 12.6 Å². The molecule has 0 saturated heterocycles. The van der Waals surface area contributed by atoms with Crippen molar-refractivity contribution in [3.8, 4) is 0 Å². The fraction of sp³-hybridized carbons (Fsp3) is 0.900. The lowest BCUT2D eigenvalue weighted by Crippen LogP contribution is -2.03. The monoisotopic (exact) mass is 206 g/mol. The van der Waals surface area contributed by atoms with Crippen molar-refractivity contribution in [1.29, 1.82) is 0 Å². The van der Waals surface area contributed by atoms with Gasteiger partial charge in [0.25, 0.3) is 0 Å². The molecule has 0 aromatic heterocycles. The predicted molar refractivity (Wildman–Crippen MR) is 55.1 cm³/mol. The summed E-state index contributed by atoms with van der Waals surface area (Å²) in [6.45, 7) is 7.90. The van der Waals surface area contributed by atoms with Gasteiger partial charge in [-0.3, -0.25) is 4.79 Å². The summed E-state index contributed by atoms with van der Waals surface area (Å²) in [6.07, 6.45) is 0.823. The van der Waals surface area contributed by atoms with Crippen molar-refractivity contribution < 1.29 is 19.4 Å². The van der Waals surface area contributed by atoms with Crippen molar-refractivity contribution in [2.75, 3.05) is 26.4 Å². The second-order valence-electron chi connectivity index (χ2n) is 2.41. The maximum atomic E-state index is 10.5. The molecule has 0 saturated carbocycles. The van der Waals surface area contributed by atoms with Gasteiger partial charge >= 0.3 is 5.97 Å². The number of aliphatic hydroxyl groups excluding tert-OH is 1. The molecule has 0 bridgehead atoms. The Bertz CT molecular complexity index is 113. The second-order valence-corrected chi connectivity index (χ2v) is 2.41. The highest BCUT2D eigenvalue weighted by atomic mass is 16.5. The van der Waals surface area contributed by atoms with Gasteiger partial charge in [0, 0.05) is 26.2 Å². The smallest absolute Gasteiger partial charge is 0.305 e. The maximum absolute atomic E-state index is 10.5. The first kappa shape index (κ1) is 15.8. The van der Waals surface area contributed by atoms with Gasteiger partial charge in [0.15, 0.2) is 0 Å². The Labute approximate surface area is 86.2 Å². The van der Waals surface area contributed by atoms with E-state index in [0.29, 0.717) is 19.4 Å². The molecule has 0 aliphatic heterocycles. The highest BCUT2D eigenvalue weighted by molar-refractivity contribution is 5.69.